The van der Waals surface area contributed by atoms with Crippen molar-refractivity contribution in [2.24, 2.45) is 0 Å². The van der Waals surface area contributed by atoms with Gasteiger partial charge in [-0.3, -0.25) is 0 Å². The minimum absolute atomic E-state index is 0.903. The number of nitrogens with zero attached hydrogens (tertiary/aromatic N) is 1. The summed E-state index contributed by atoms with van der Waals surface area (Å²) in [4.78, 5) is 0. The second kappa shape index (κ2) is 5.23. The SMILES string of the molecule is CC.N#COc1c2c(cc3c1CCC3)CCC2. The van der Waals surface area contributed by atoms with Crippen LogP contribution in [0.25, 0.3) is 0 Å². The van der Waals surface area contributed by atoms with E-state index in [2.05, 4.69) is 6.07 Å². The number of nitriles is 1. The minimum Gasteiger partial charge on any atom is -0.387 e. The zero-order valence-electron chi connectivity index (χ0n) is 10.7. The molecular formula is C15H19NO. The van der Waals surface area contributed by atoms with Gasteiger partial charge in [0, 0.05) is 0 Å². The van der Waals surface area contributed by atoms with Crippen molar-refractivity contribution in [1.82, 2.24) is 0 Å². The molecule has 0 N–H and O–H groups in total. The van der Waals surface area contributed by atoms with Gasteiger partial charge in [0.05, 0.1) is 0 Å². The lowest BCUT2D eigenvalue weighted by Crippen LogP contribution is -1.97. The van der Waals surface area contributed by atoms with E-state index in [9.17, 15) is 0 Å². The highest BCUT2D eigenvalue weighted by Crippen LogP contribution is 2.39. The molecule has 2 nitrogen and oxygen atoms in total. The topological polar surface area (TPSA) is 33.0 Å². The van der Waals surface area contributed by atoms with Gasteiger partial charge in [-0.25, -0.2) is 0 Å². The van der Waals surface area contributed by atoms with Gasteiger partial charge in [0.15, 0.2) is 0 Å². The van der Waals surface area contributed by atoms with Crippen molar-refractivity contribution in [2.75, 3.05) is 0 Å². The number of hydrogen-bond donors (Lipinski definition) is 0. The number of fused-ring (bicyclic) bond motifs is 2. The summed E-state index contributed by atoms with van der Waals surface area (Å²) in [6.45, 7) is 4.00. The highest BCUT2D eigenvalue weighted by atomic mass is 16.5. The molecule has 1 aromatic rings. The molecule has 2 aliphatic carbocycles. The van der Waals surface area contributed by atoms with E-state index in [0.29, 0.717) is 0 Å². The molecule has 0 aromatic heterocycles. The molecule has 0 unspecified atom stereocenters. The summed E-state index contributed by atoms with van der Waals surface area (Å²) in [7, 11) is 0. The van der Waals surface area contributed by atoms with Crippen LogP contribution in [0.4, 0.5) is 0 Å². The van der Waals surface area contributed by atoms with Crippen molar-refractivity contribution in [2.45, 2.75) is 52.4 Å². The molecule has 0 spiro atoms. The maximum Gasteiger partial charge on any atom is 0.292 e. The van der Waals surface area contributed by atoms with Crippen LogP contribution < -0.4 is 4.74 Å². The molecule has 0 saturated carbocycles. The van der Waals surface area contributed by atoms with Crippen molar-refractivity contribution in [3.05, 3.63) is 28.3 Å². The van der Waals surface area contributed by atoms with Crippen LogP contribution in [0.2, 0.25) is 0 Å². The van der Waals surface area contributed by atoms with Gasteiger partial charge in [0.2, 0.25) is 0 Å². The molecule has 2 heteroatoms. The lowest BCUT2D eigenvalue weighted by molar-refractivity contribution is 0.495. The highest BCUT2D eigenvalue weighted by Gasteiger charge is 2.25. The summed E-state index contributed by atoms with van der Waals surface area (Å²) in [6, 6.07) is 2.34. The normalized spacial score (nSPS) is 15.4. The monoisotopic (exact) mass is 229 g/mol. The van der Waals surface area contributed by atoms with Gasteiger partial charge < -0.3 is 4.74 Å². The van der Waals surface area contributed by atoms with Gasteiger partial charge in [-0.15, -0.1) is 5.26 Å². The Labute approximate surface area is 103 Å². The molecule has 0 fully saturated rings. The number of aryl methyl sites for hydroxylation is 2. The first-order chi connectivity index (χ1) is 8.40. The molecule has 0 amide bonds. The van der Waals surface area contributed by atoms with Gasteiger partial charge in [-0.05, 0) is 60.8 Å². The number of hydrogen-bond acceptors (Lipinski definition) is 2. The molecule has 0 aliphatic heterocycles. The van der Waals surface area contributed by atoms with Crippen molar-refractivity contribution < 1.29 is 4.74 Å². The molecule has 0 atom stereocenters. The Kier molecular flexibility index (Phi) is 3.68. The van der Waals surface area contributed by atoms with E-state index in [1.807, 2.05) is 20.1 Å². The third-order valence-electron chi connectivity index (χ3n) is 3.57. The lowest BCUT2D eigenvalue weighted by atomic mass is 10.0. The second-order valence-corrected chi connectivity index (χ2v) is 4.38. The van der Waals surface area contributed by atoms with Crippen LogP contribution in [0.3, 0.4) is 0 Å². The van der Waals surface area contributed by atoms with Crippen LogP contribution in [0, 0.1) is 11.5 Å². The predicted molar refractivity (Wildman–Crippen MR) is 68.1 cm³/mol. The van der Waals surface area contributed by atoms with Crippen molar-refractivity contribution in [1.29, 1.82) is 5.26 Å². The van der Waals surface area contributed by atoms with Crippen LogP contribution in [0.5, 0.6) is 5.75 Å². The first-order valence-corrected chi connectivity index (χ1v) is 6.62. The lowest BCUT2D eigenvalue weighted by Gasteiger charge is -2.11. The van der Waals surface area contributed by atoms with Crippen LogP contribution >= 0.6 is 0 Å². The Balaban J connectivity index is 0.000000514. The first kappa shape index (κ1) is 12.0. The summed E-state index contributed by atoms with van der Waals surface area (Å²) >= 11 is 0. The Morgan fingerprint density at radius 2 is 1.53 bits per heavy atom. The number of benzene rings is 1. The quantitative estimate of drug-likeness (QED) is 0.690. The van der Waals surface area contributed by atoms with Crippen LogP contribution in [-0.2, 0) is 25.7 Å². The van der Waals surface area contributed by atoms with Crippen molar-refractivity contribution in [3.8, 4) is 12.0 Å². The maximum absolute atomic E-state index is 8.71. The average Bonchev–Trinajstić information content (AvgIpc) is 2.99. The first-order valence-electron chi connectivity index (χ1n) is 6.62. The van der Waals surface area contributed by atoms with E-state index in [0.717, 1.165) is 31.4 Å². The average molecular weight is 229 g/mol. The molecule has 90 valence electrons. The number of rotatable bonds is 1. The zero-order chi connectivity index (χ0) is 12.3. The predicted octanol–water partition coefficient (Wildman–Crippen LogP) is 3.55. The van der Waals surface area contributed by atoms with Gasteiger partial charge in [0.25, 0.3) is 6.26 Å². The second-order valence-electron chi connectivity index (χ2n) is 4.38. The van der Waals surface area contributed by atoms with Gasteiger partial charge in [-0.2, -0.15) is 0 Å². The van der Waals surface area contributed by atoms with Gasteiger partial charge in [0.1, 0.15) is 5.75 Å². The molecule has 0 heterocycles. The molecule has 0 bridgehead atoms. The fourth-order valence-corrected chi connectivity index (χ4v) is 2.93. The van der Waals surface area contributed by atoms with E-state index >= 15 is 0 Å². The van der Waals surface area contributed by atoms with E-state index in [1.165, 1.54) is 35.1 Å². The summed E-state index contributed by atoms with van der Waals surface area (Å²) in [5.74, 6) is 0.903. The smallest absolute Gasteiger partial charge is 0.292 e. The van der Waals surface area contributed by atoms with Gasteiger partial charge in [-0.1, -0.05) is 19.9 Å². The molecule has 0 radical (unpaired) electrons. The fourth-order valence-electron chi connectivity index (χ4n) is 2.93. The summed E-state index contributed by atoms with van der Waals surface area (Å²) in [6.07, 6.45) is 8.74. The number of ether oxygens (including phenoxy) is 1. The molecule has 17 heavy (non-hydrogen) atoms. The van der Waals surface area contributed by atoms with Crippen molar-refractivity contribution in [3.63, 3.8) is 0 Å². The van der Waals surface area contributed by atoms with Crippen molar-refractivity contribution >= 4 is 0 Å². The van der Waals surface area contributed by atoms with Crippen LogP contribution in [0.15, 0.2) is 6.07 Å². The third kappa shape index (κ3) is 2.02. The van der Waals surface area contributed by atoms with E-state index in [1.54, 1.807) is 0 Å². The van der Waals surface area contributed by atoms with E-state index in [4.69, 9.17) is 10.00 Å². The van der Waals surface area contributed by atoms with Crippen LogP contribution in [0.1, 0.15) is 48.9 Å². The Morgan fingerprint density at radius 1 is 1.00 bits per heavy atom. The van der Waals surface area contributed by atoms with E-state index in [-0.39, 0.29) is 0 Å². The molecule has 1 aromatic carbocycles. The highest BCUT2D eigenvalue weighted by molar-refractivity contribution is 5.54. The fraction of sp³-hybridized carbons (Fsp3) is 0.533. The van der Waals surface area contributed by atoms with E-state index < -0.39 is 0 Å². The Hall–Kier alpha value is -1.49. The summed E-state index contributed by atoms with van der Waals surface area (Å²) in [5.41, 5.74) is 5.44. The molecule has 3 rings (SSSR count). The maximum atomic E-state index is 8.71. The largest absolute Gasteiger partial charge is 0.387 e. The molecule has 2 aliphatic rings. The van der Waals surface area contributed by atoms with Gasteiger partial charge >= 0.3 is 0 Å². The molecular weight excluding hydrogens is 210 g/mol. The Morgan fingerprint density at radius 3 is 2.00 bits per heavy atom. The Bertz CT molecular complexity index is 425. The van der Waals surface area contributed by atoms with Crippen LogP contribution in [-0.4, -0.2) is 0 Å². The summed E-state index contributed by atoms with van der Waals surface area (Å²) in [5, 5.41) is 8.71. The zero-order valence-corrected chi connectivity index (χ0v) is 10.7. The standard InChI is InChI=1S/C13H13NO.C2H6/c14-8-15-13-11-5-1-3-9(11)7-10-4-2-6-12(10)13;1-2/h7H,1-6H2;1-2H3. The third-order valence-corrected chi connectivity index (χ3v) is 3.57. The summed E-state index contributed by atoms with van der Waals surface area (Å²) < 4.78 is 5.20. The minimum atomic E-state index is 0.903. The molecule has 0 saturated heterocycles.